The van der Waals surface area contributed by atoms with Crippen molar-refractivity contribution < 1.29 is 57.5 Å². The number of nitrogens with zero attached hydrogens (tertiary/aromatic N) is 3. The minimum absolute atomic E-state index is 0. The number of hydrogen-bond acceptors (Lipinski definition) is 5. The SMILES string of the molecule is O.O=S(=O)([O-])C(F)(F)F.[OH3+].[Pd+2].c1ccc(-c2ccc(-c3ccccn3)[n-]2)nc1. The van der Waals surface area contributed by atoms with Gasteiger partial charge in [-0.2, -0.15) is 13.2 Å². The van der Waals surface area contributed by atoms with E-state index in [0.717, 1.165) is 22.8 Å². The predicted octanol–water partition coefficient (Wildman–Crippen LogP) is 1.07. The van der Waals surface area contributed by atoms with Crippen LogP contribution in [0.3, 0.4) is 0 Å². The predicted molar refractivity (Wildman–Crippen MR) is 90.5 cm³/mol. The molecule has 156 valence electrons. The molecule has 0 atom stereocenters. The number of aromatic nitrogens is 3. The van der Waals surface area contributed by atoms with E-state index in [1.807, 2.05) is 48.5 Å². The van der Waals surface area contributed by atoms with E-state index in [1.165, 1.54) is 0 Å². The van der Waals surface area contributed by atoms with Gasteiger partial charge in [0.1, 0.15) is 0 Å². The van der Waals surface area contributed by atoms with Crippen LogP contribution in [-0.4, -0.2) is 33.9 Å². The monoisotopic (exact) mass is 512 g/mol. The molecular formula is C15H15F3N3O5PdS+. The summed E-state index contributed by atoms with van der Waals surface area (Å²) in [5.41, 5.74) is -2.12. The fourth-order valence-electron chi connectivity index (χ4n) is 1.68. The fourth-order valence-corrected chi connectivity index (χ4v) is 1.68. The van der Waals surface area contributed by atoms with Gasteiger partial charge >= 0.3 is 25.9 Å². The molecule has 5 N–H and O–H groups in total. The third-order valence-corrected chi connectivity index (χ3v) is 3.35. The Labute approximate surface area is 171 Å². The second-order valence-electron chi connectivity index (χ2n) is 4.55. The molecule has 0 fully saturated rings. The zero-order valence-corrected chi connectivity index (χ0v) is 16.1. The second kappa shape index (κ2) is 11.6. The Kier molecular flexibility index (Phi) is 11.7. The van der Waals surface area contributed by atoms with E-state index in [-0.39, 0.29) is 31.4 Å². The van der Waals surface area contributed by atoms with E-state index in [4.69, 9.17) is 13.0 Å². The average Bonchev–Trinajstić information content (AvgIpc) is 3.05. The minimum Gasteiger partial charge on any atom is -0.741 e. The van der Waals surface area contributed by atoms with Crippen LogP contribution in [0.15, 0.2) is 60.9 Å². The summed E-state index contributed by atoms with van der Waals surface area (Å²) in [7, 11) is -6.09. The molecule has 0 spiro atoms. The maximum absolute atomic E-state index is 10.7. The first-order chi connectivity index (χ1) is 11.7. The van der Waals surface area contributed by atoms with Crippen molar-refractivity contribution in [2.75, 3.05) is 0 Å². The Morgan fingerprint density at radius 2 is 1.21 bits per heavy atom. The molecule has 8 nitrogen and oxygen atoms in total. The maximum Gasteiger partial charge on any atom is 2.00 e. The van der Waals surface area contributed by atoms with Crippen molar-refractivity contribution in [1.29, 1.82) is 0 Å². The molecule has 3 heterocycles. The van der Waals surface area contributed by atoms with Gasteiger partial charge in [-0.1, -0.05) is 24.3 Å². The van der Waals surface area contributed by atoms with Gasteiger partial charge in [0, 0.05) is 23.8 Å². The third kappa shape index (κ3) is 7.85. The quantitative estimate of drug-likeness (QED) is 0.216. The normalized spacial score (nSPS) is 10.3. The van der Waals surface area contributed by atoms with Gasteiger partial charge in [-0.25, -0.2) is 8.42 Å². The van der Waals surface area contributed by atoms with Crippen LogP contribution < -0.4 is 4.98 Å². The van der Waals surface area contributed by atoms with Crippen LogP contribution in [0.5, 0.6) is 0 Å². The Balaban J connectivity index is 0. The summed E-state index contributed by atoms with van der Waals surface area (Å²) < 4.78 is 58.9. The van der Waals surface area contributed by atoms with Crippen LogP contribution in [0.25, 0.3) is 22.8 Å². The van der Waals surface area contributed by atoms with Crippen LogP contribution in [-0.2, 0) is 36.0 Å². The first-order valence-corrected chi connectivity index (χ1v) is 8.08. The number of halogens is 3. The number of hydrogen-bond donors (Lipinski definition) is 0. The molecule has 13 heteroatoms. The molecule has 0 radical (unpaired) electrons. The molecule has 0 bridgehead atoms. The molecule has 0 aliphatic heterocycles. The molecular weight excluding hydrogens is 498 g/mol. The van der Waals surface area contributed by atoms with Gasteiger partial charge < -0.3 is 20.5 Å². The Bertz CT molecular complexity index is 869. The van der Waals surface area contributed by atoms with Crippen molar-refractivity contribution >= 4 is 10.1 Å². The zero-order chi connectivity index (χ0) is 18.5. The number of pyridine rings is 2. The average molecular weight is 513 g/mol. The van der Waals surface area contributed by atoms with E-state index in [9.17, 15) is 13.2 Å². The summed E-state index contributed by atoms with van der Waals surface area (Å²) in [6.45, 7) is 0. The van der Waals surface area contributed by atoms with Gasteiger partial charge in [0.25, 0.3) is 0 Å². The molecule has 0 aromatic carbocycles. The molecule has 3 aromatic heterocycles. The summed E-state index contributed by atoms with van der Waals surface area (Å²) in [5.74, 6) is 0. The minimum atomic E-state index is -6.09. The topological polar surface area (TPSA) is 162 Å². The van der Waals surface area contributed by atoms with E-state index >= 15 is 0 Å². The molecule has 0 aliphatic rings. The van der Waals surface area contributed by atoms with Crippen LogP contribution >= 0.6 is 0 Å². The molecule has 0 amide bonds. The van der Waals surface area contributed by atoms with E-state index in [2.05, 4.69) is 15.0 Å². The molecule has 28 heavy (non-hydrogen) atoms. The Morgan fingerprint density at radius 1 is 0.857 bits per heavy atom. The first kappa shape index (κ1) is 28.1. The fraction of sp³-hybridized carbons (Fsp3) is 0.0667. The van der Waals surface area contributed by atoms with Crippen molar-refractivity contribution in [2.45, 2.75) is 5.51 Å². The van der Waals surface area contributed by atoms with E-state index in [1.54, 1.807) is 12.4 Å². The van der Waals surface area contributed by atoms with Gasteiger partial charge in [0.2, 0.25) is 0 Å². The second-order valence-corrected chi connectivity index (χ2v) is 5.92. The van der Waals surface area contributed by atoms with Crippen molar-refractivity contribution in [3.8, 4) is 22.8 Å². The Morgan fingerprint density at radius 3 is 1.46 bits per heavy atom. The zero-order valence-electron chi connectivity index (χ0n) is 13.8. The summed E-state index contributed by atoms with van der Waals surface area (Å²) >= 11 is 0. The van der Waals surface area contributed by atoms with Gasteiger partial charge in [-0.05, 0) is 24.3 Å². The summed E-state index contributed by atoms with van der Waals surface area (Å²) in [4.78, 5) is 13.1. The smallest absolute Gasteiger partial charge is 0.741 e. The number of alkyl halides is 3. The standard InChI is InChI=1S/C14H10N3.CHF3O3S.2H2O.Pd/c1-3-9-15-11(5-1)13-7-8-14(17-13)12-6-2-4-10-16-12;2-1(3,4)8(5,6)7;;;/h1-10H;(H,5,6,7);2*1H2;/q-1;;;;+2. The van der Waals surface area contributed by atoms with E-state index < -0.39 is 15.6 Å². The van der Waals surface area contributed by atoms with Crippen molar-refractivity contribution in [1.82, 2.24) is 15.0 Å². The molecule has 0 saturated heterocycles. The largest absolute Gasteiger partial charge is 2.00 e. The van der Waals surface area contributed by atoms with Crippen LogP contribution in [0.4, 0.5) is 13.2 Å². The first-order valence-electron chi connectivity index (χ1n) is 6.67. The molecule has 3 aromatic rings. The van der Waals surface area contributed by atoms with Crippen LogP contribution in [0, 0.1) is 0 Å². The van der Waals surface area contributed by atoms with Gasteiger partial charge in [-0.15, -0.1) is 11.4 Å². The molecule has 3 rings (SSSR count). The molecule has 0 aliphatic carbocycles. The Hall–Kier alpha value is -2.14. The number of rotatable bonds is 2. The van der Waals surface area contributed by atoms with Crippen molar-refractivity contribution in [3.63, 3.8) is 0 Å². The molecule has 0 unspecified atom stereocenters. The van der Waals surface area contributed by atoms with Gasteiger partial charge in [-0.3, -0.25) is 9.97 Å². The van der Waals surface area contributed by atoms with Gasteiger partial charge in [0.05, 0.1) is 0 Å². The third-order valence-electron chi connectivity index (χ3n) is 2.78. The van der Waals surface area contributed by atoms with Crippen LogP contribution in [0.2, 0.25) is 0 Å². The van der Waals surface area contributed by atoms with Crippen LogP contribution in [0.1, 0.15) is 0 Å². The maximum atomic E-state index is 10.7. The van der Waals surface area contributed by atoms with Crippen molar-refractivity contribution in [2.24, 2.45) is 0 Å². The summed E-state index contributed by atoms with van der Waals surface area (Å²) in [5, 5.41) is 0. The van der Waals surface area contributed by atoms with E-state index in [0.29, 0.717) is 0 Å². The summed E-state index contributed by atoms with van der Waals surface area (Å²) in [6.07, 6.45) is 3.54. The summed E-state index contributed by atoms with van der Waals surface area (Å²) in [6, 6.07) is 15.5. The van der Waals surface area contributed by atoms with Gasteiger partial charge in [0.15, 0.2) is 10.1 Å². The molecule has 0 saturated carbocycles. The van der Waals surface area contributed by atoms with Crippen molar-refractivity contribution in [3.05, 3.63) is 60.9 Å².